The van der Waals surface area contributed by atoms with E-state index in [9.17, 15) is 4.79 Å². The highest BCUT2D eigenvalue weighted by Crippen LogP contribution is 2.34. The fourth-order valence-electron chi connectivity index (χ4n) is 4.86. The van der Waals surface area contributed by atoms with Crippen molar-refractivity contribution < 1.29 is 4.79 Å². The van der Waals surface area contributed by atoms with Crippen LogP contribution in [-0.2, 0) is 6.54 Å². The zero-order chi connectivity index (χ0) is 23.1. The summed E-state index contributed by atoms with van der Waals surface area (Å²) in [6.07, 6.45) is 6.11. The standard InChI is InChI=1S/C23H29N9O/c1-4-31-20(9-13(2)30-31)23-27-22(28-29-23)17-10-14(21(24)33)11-19-18(17)12-26-32(19)16-7-5-15(25-3)6-8-16/h9-12,15-16,25H,4-8H2,1-3H3,(H2,24,33)(H,27,28,29). The molecule has 1 amide bonds. The van der Waals surface area contributed by atoms with Crippen LogP contribution in [0.15, 0.2) is 24.4 Å². The van der Waals surface area contributed by atoms with Crippen LogP contribution >= 0.6 is 0 Å². The van der Waals surface area contributed by atoms with Crippen molar-refractivity contribution in [2.24, 2.45) is 5.73 Å². The number of nitrogens with one attached hydrogen (secondary N) is 2. The van der Waals surface area contributed by atoms with Crippen LogP contribution in [0.3, 0.4) is 0 Å². The highest BCUT2D eigenvalue weighted by atomic mass is 16.1. The Bertz CT molecular complexity index is 1310. The molecule has 0 unspecified atom stereocenters. The average molecular weight is 448 g/mol. The van der Waals surface area contributed by atoms with Crippen molar-refractivity contribution in [3.63, 3.8) is 0 Å². The van der Waals surface area contributed by atoms with E-state index in [1.165, 1.54) is 0 Å². The molecule has 0 aliphatic heterocycles. The van der Waals surface area contributed by atoms with Gasteiger partial charge in [0.05, 0.1) is 23.4 Å². The SMILES string of the molecule is CCn1nc(C)cc1-c1nnc(-c2cc(C(N)=O)cc3c2cnn3C2CCC(NC)CC2)[nH]1. The van der Waals surface area contributed by atoms with Gasteiger partial charge in [-0.25, -0.2) is 0 Å². The molecule has 0 spiro atoms. The number of hydrogen-bond donors (Lipinski definition) is 3. The molecule has 0 bridgehead atoms. The predicted molar refractivity (Wildman–Crippen MR) is 126 cm³/mol. The maximum atomic E-state index is 12.2. The van der Waals surface area contributed by atoms with Crippen molar-refractivity contribution >= 4 is 16.8 Å². The topological polar surface area (TPSA) is 132 Å². The third-order valence-electron chi connectivity index (χ3n) is 6.64. The molecule has 0 saturated heterocycles. The Morgan fingerprint density at radius 2 is 1.94 bits per heavy atom. The summed E-state index contributed by atoms with van der Waals surface area (Å²) in [6.45, 7) is 4.71. The maximum Gasteiger partial charge on any atom is 0.248 e. The molecule has 0 radical (unpaired) electrons. The summed E-state index contributed by atoms with van der Waals surface area (Å²) < 4.78 is 3.93. The molecule has 33 heavy (non-hydrogen) atoms. The van der Waals surface area contributed by atoms with Gasteiger partial charge >= 0.3 is 0 Å². The molecule has 172 valence electrons. The van der Waals surface area contributed by atoms with Crippen LogP contribution in [-0.4, -0.2) is 53.7 Å². The van der Waals surface area contributed by atoms with Crippen molar-refractivity contribution in [2.45, 2.75) is 58.2 Å². The lowest BCUT2D eigenvalue weighted by Crippen LogP contribution is -2.31. The first-order chi connectivity index (χ1) is 16.0. The Labute approximate surface area is 191 Å². The van der Waals surface area contributed by atoms with Crippen molar-refractivity contribution in [2.75, 3.05) is 7.05 Å². The molecule has 5 rings (SSSR count). The lowest BCUT2D eigenvalue weighted by molar-refractivity contribution is 0.100. The van der Waals surface area contributed by atoms with Gasteiger partial charge in [-0.05, 0) is 64.8 Å². The summed E-state index contributed by atoms with van der Waals surface area (Å²) in [7, 11) is 2.01. The number of amides is 1. The molecule has 1 aliphatic carbocycles. The lowest BCUT2D eigenvalue weighted by atomic mass is 9.91. The fourth-order valence-corrected chi connectivity index (χ4v) is 4.86. The maximum absolute atomic E-state index is 12.2. The van der Waals surface area contributed by atoms with E-state index in [2.05, 4.69) is 25.6 Å². The molecule has 4 aromatic rings. The molecular weight excluding hydrogens is 418 g/mol. The van der Waals surface area contributed by atoms with Crippen molar-refractivity contribution in [3.8, 4) is 22.9 Å². The average Bonchev–Trinajstić information content (AvgIpc) is 3.56. The van der Waals surface area contributed by atoms with Crippen LogP contribution in [0.4, 0.5) is 0 Å². The van der Waals surface area contributed by atoms with Crippen LogP contribution < -0.4 is 11.1 Å². The van der Waals surface area contributed by atoms with Gasteiger partial charge in [-0.2, -0.15) is 10.2 Å². The Kier molecular flexibility index (Phi) is 5.45. The minimum absolute atomic E-state index is 0.287. The van der Waals surface area contributed by atoms with Gasteiger partial charge in [-0.15, -0.1) is 10.2 Å². The molecule has 4 N–H and O–H groups in total. The molecule has 1 aliphatic rings. The van der Waals surface area contributed by atoms with Gasteiger partial charge in [0.2, 0.25) is 5.91 Å². The lowest BCUT2D eigenvalue weighted by Gasteiger charge is -2.28. The van der Waals surface area contributed by atoms with E-state index in [-0.39, 0.29) is 6.04 Å². The first-order valence-electron chi connectivity index (χ1n) is 11.4. The molecule has 3 heterocycles. The summed E-state index contributed by atoms with van der Waals surface area (Å²) in [4.78, 5) is 15.5. The number of primary amides is 1. The first kappa shape index (κ1) is 21.3. The van der Waals surface area contributed by atoms with Crippen LogP contribution in [0.5, 0.6) is 0 Å². The summed E-state index contributed by atoms with van der Waals surface area (Å²) in [5.74, 6) is 0.713. The first-order valence-corrected chi connectivity index (χ1v) is 11.4. The molecule has 1 saturated carbocycles. The zero-order valence-electron chi connectivity index (χ0n) is 19.2. The largest absolute Gasteiger partial charge is 0.366 e. The van der Waals surface area contributed by atoms with E-state index >= 15 is 0 Å². The van der Waals surface area contributed by atoms with Crippen LogP contribution in [0.2, 0.25) is 0 Å². The van der Waals surface area contributed by atoms with Gasteiger partial charge in [0, 0.05) is 29.1 Å². The number of nitrogens with two attached hydrogens (primary N) is 1. The number of aromatic nitrogens is 7. The number of carbonyl (C=O) groups is 1. The van der Waals surface area contributed by atoms with E-state index in [0.29, 0.717) is 23.3 Å². The Hall–Kier alpha value is -3.53. The fraction of sp³-hybridized carbons (Fsp3) is 0.435. The molecular formula is C23H29N9O. The number of benzene rings is 1. The van der Waals surface area contributed by atoms with Crippen molar-refractivity contribution in [3.05, 3.63) is 35.7 Å². The molecule has 10 heteroatoms. The summed E-state index contributed by atoms with van der Waals surface area (Å²) >= 11 is 0. The van der Waals surface area contributed by atoms with E-state index < -0.39 is 5.91 Å². The molecule has 0 atom stereocenters. The Balaban J connectivity index is 1.58. The summed E-state index contributed by atoms with van der Waals surface area (Å²) in [5, 5.41) is 22.3. The second-order valence-corrected chi connectivity index (χ2v) is 8.71. The van der Waals surface area contributed by atoms with Crippen molar-refractivity contribution in [1.29, 1.82) is 0 Å². The summed E-state index contributed by atoms with van der Waals surface area (Å²) in [6, 6.07) is 6.41. The van der Waals surface area contributed by atoms with E-state index in [4.69, 9.17) is 10.8 Å². The minimum atomic E-state index is -0.482. The molecule has 1 aromatic carbocycles. The number of fused-ring (bicyclic) bond motifs is 1. The highest BCUT2D eigenvalue weighted by molar-refractivity contribution is 6.02. The second-order valence-electron chi connectivity index (χ2n) is 8.71. The number of hydrogen-bond acceptors (Lipinski definition) is 6. The quantitative estimate of drug-likeness (QED) is 0.416. The van der Waals surface area contributed by atoms with Gasteiger partial charge in [-0.3, -0.25) is 14.2 Å². The number of aryl methyl sites for hydroxylation is 2. The molecule has 3 aromatic heterocycles. The number of rotatable bonds is 6. The van der Waals surface area contributed by atoms with Crippen molar-refractivity contribution in [1.82, 2.24) is 40.1 Å². The molecule has 10 nitrogen and oxygen atoms in total. The molecule has 1 fully saturated rings. The van der Waals surface area contributed by atoms with Crippen LogP contribution in [0, 0.1) is 6.92 Å². The van der Waals surface area contributed by atoms with Gasteiger partial charge in [-0.1, -0.05) is 0 Å². The number of H-pyrrole nitrogens is 1. The van der Waals surface area contributed by atoms with Crippen LogP contribution in [0.25, 0.3) is 33.8 Å². The summed E-state index contributed by atoms with van der Waals surface area (Å²) in [5.41, 5.74) is 9.55. The monoisotopic (exact) mass is 447 g/mol. The smallest absolute Gasteiger partial charge is 0.248 e. The number of aromatic amines is 1. The normalized spacial score (nSPS) is 18.8. The Morgan fingerprint density at radius 1 is 1.18 bits per heavy atom. The van der Waals surface area contributed by atoms with Crippen LogP contribution in [0.1, 0.15) is 54.7 Å². The zero-order valence-corrected chi connectivity index (χ0v) is 19.2. The highest BCUT2D eigenvalue weighted by Gasteiger charge is 2.25. The predicted octanol–water partition coefficient (Wildman–Crippen LogP) is 2.82. The Morgan fingerprint density at radius 3 is 2.64 bits per heavy atom. The van der Waals surface area contributed by atoms with Gasteiger partial charge in [0.15, 0.2) is 11.6 Å². The second kappa shape index (κ2) is 8.43. The van der Waals surface area contributed by atoms with Gasteiger partial charge < -0.3 is 16.0 Å². The number of nitrogens with zero attached hydrogens (tertiary/aromatic N) is 6. The minimum Gasteiger partial charge on any atom is -0.366 e. The van der Waals surface area contributed by atoms with E-state index in [1.807, 2.05) is 48.6 Å². The van der Waals surface area contributed by atoms with E-state index in [1.54, 1.807) is 6.07 Å². The van der Waals surface area contributed by atoms with E-state index in [0.717, 1.165) is 60.1 Å². The third kappa shape index (κ3) is 3.80. The van der Waals surface area contributed by atoms with Gasteiger partial charge in [0.1, 0.15) is 5.69 Å². The number of carbonyl (C=O) groups excluding carboxylic acids is 1. The van der Waals surface area contributed by atoms with Gasteiger partial charge in [0.25, 0.3) is 0 Å². The third-order valence-corrected chi connectivity index (χ3v) is 6.64.